The largest absolute Gasteiger partial charge is 0.619 e. The van der Waals surface area contributed by atoms with Crippen LogP contribution in [0.2, 0.25) is 0 Å². The fourth-order valence-corrected chi connectivity index (χ4v) is 2.40. The van der Waals surface area contributed by atoms with Gasteiger partial charge in [-0.25, -0.2) is 0 Å². The highest BCUT2D eigenvalue weighted by Gasteiger charge is 2.33. The number of aromatic nitrogens is 1. The number of Topliss-reactive ketones (excluding diaryl/α,β-unsaturated/α-hetero) is 1. The molecule has 0 fully saturated rings. The zero-order valence-corrected chi connectivity index (χ0v) is 12.3. The van der Waals surface area contributed by atoms with Crippen LogP contribution in [0.15, 0.2) is 53.3 Å². The SMILES string of the molecule is CC(C)(C(=O)c1ccccc1Br)c1ccc[n+]([O-])c1. The summed E-state index contributed by atoms with van der Waals surface area (Å²) in [5.74, 6) is -0.0221. The van der Waals surface area contributed by atoms with Crippen LogP contribution in [-0.2, 0) is 5.41 Å². The molecule has 2 aromatic rings. The van der Waals surface area contributed by atoms with Gasteiger partial charge >= 0.3 is 0 Å². The molecule has 0 amide bonds. The van der Waals surface area contributed by atoms with Crippen LogP contribution in [0.5, 0.6) is 0 Å². The Morgan fingerprint density at radius 3 is 2.53 bits per heavy atom. The Balaban J connectivity index is 2.45. The maximum Gasteiger partial charge on any atom is 0.184 e. The van der Waals surface area contributed by atoms with Crippen molar-refractivity contribution < 1.29 is 9.52 Å². The summed E-state index contributed by atoms with van der Waals surface area (Å²) in [7, 11) is 0. The molecule has 3 nitrogen and oxygen atoms in total. The fourth-order valence-electron chi connectivity index (χ4n) is 1.94. The van der Waals surface area contributed by atoms with Crippen molar-refractivity contribution in [3.05, 3.63) is 69.6 Å². The van der Waals surface area contributed by atoms with Crippen molar-refractivity contribution in [2.45, 2.75) is 19.3 Å². The number of pyridine rings is 1. The van der Waals surface area contributed by atoms with Crippen molar-refractivity contribution in [1.82, 2.24) is 0 Å². The van der Waals surface area contributed by atoms with Crippen LogP contribution in [0.3, 0.4) is 0 Å². The Kier molecular flexibility index (Phi) is 3.71. The number of rotatable bonds is 3. The van der Waals surface area contributed by atoms with Gasteiger partial charge in [0, 0.05) is 21.7 Å². The molecular formula is C15H14BrNO2. The molecule has 1 aromatic carbocycles. The molecule has 0 aliphatic carbocycles. The second kappa shape index (κ2) is 5.13. The number of hydrogen-bond donors (Lipinski definition) is 0. The first-order valence-corrected chi connectivity index (χ1v) is 6.71. The Labute approximate surface area is 120 Å². The van der Waals surface area contributed by atoms with Crippen molar-refractivity contribution in [2.24, 2.45) is 0 Å². The Bertz CT molecular complexity index is 623. The summed E-state index contributed by atoms with van der Waals surface area (Å²) in [6, 6.07) is 10.7. The first-order valence-electron chi connectivity index (χ1n) is 5.91. The zero-order chi connectivity index (χ0) is 14.0. The lowest BCUT2D eigenvalue weighted by atomic mass is 9.79. The van der Waals surface area contributed by atoms with E-state index >= 15 is 0 Å². The van der Waals surface area contributed by atoms with Gasteiger partial charge in [-0.3, -0.25) is 4.79 Å². The van der Waals surface area contributed by atoms with Crippen LogP contribution < -0.4 is 4.73 Å². The van der Waals surface area contributed by atoms with E-state index in [0.29, 0.717) is 15.9 Å². The molecule has 0 unspecified atom stereocenters. The van der Waals surface area contributed by atoms with Gasteiger partial charge in [0.25, 0.3) is 0 Å². The molecule has 0 aliphatic rings. The Hall–Kier alpha value is -1.68. The first-order chi connectivity index (χ1) is 8.93. The van der Waals surface area contributed by atoms with E-state index in [9.17, 15) is 10.0 Å². The van der Waals surface area contributed by atoms with Crippen LogP contribution in [0.1, 0.15) is 29.8 Å². The number of benzene rings is 1. The summed E-state index contributed by atoms with van der Waals surface area (Å²) >= 11 is 3.39. The number of nitrogens with zero attached hydrogens (tertiary/aromatic N) is 1. The molecule has 0 aliphatic heterocycles. The van der Waals surface area contributed by atoms with Crippen molar-refractivity contribution in [1.29, 1.82) is 0 Å². The van der Waals surface area contributed by atoms with E-state index in [2.05, 4.69) is 15.9 Å². The number of carbonyl (C=O) groups excluding carboxylic acids is 1. The molecule has 1 heterocycles. The summed E-state index contributed by atoms with van der Waals surface area (Å²) < 4.78 is 1.48. The average Bonchev–Trinajstić information content (AvgIpc) is 2.38. The van der Waals surface area contributed by atoms with E-state index in [1.165, 1.54) is 12.4 Å². The van der Waals surface area contributed by atoms with Crippen LogP contribution >= 0.6 is 15.9 Å². The second-order valence-electron chi connectivity index (χ2n) is 4.89. The smallest absolute Gasteiger partial charge is 0.184 e. The minimum atomic E-state index is -0.753. The highest BCUT2D eigenvalue weighted by atomic mass is 79.9. The van der Waals surface area contributed by atoms with Crippen LogP contribution in [0, 0.1) is 5.21 Å². The average molecular weight is 320 g/mol. The van der Waals surface area contributed by atoms with Crippen molar-refractivity contribution in [2.75, 3.05) is 0 Å². The summed E-state index contributed by atoms with van der Waals surface area (Å²) in [5.41, 5.74) is 0.566. The van der Waals surface area contributed by atoms with Crippen molar-refractivity contribution >= 4 is 21.7 Å². The van der Waals surface area contributed by atoms with Gasteiger partial charge in [0.05, 0.1) is 5.41 Å². The molecule has 0 atom stereocenters. The number of carbonyl (C=O) groups is 1. The highest BCUT2D eigenvalue weighted by molar-refractivity contribution is 9.10. The van der Waals surface area contributed by atoms with Gasteiger partial charge in [-0.15, -0.1) is 0 Å². The lowest BCUT2D eigenvalue weighted by Gasteiger charge is -2.23. The van der Waals surface area contributed by atoms with Gasteiger partial charge in [0.2, 0.25) is 0 Å². The summed E-state index contributed by atoms with van der Waals surface area (Å²) in [6.07, 6.45) is 2.84. The fraction of sp³-hybridized carbons (Fsp3) is 0.200. The monoisotopic (exact) mass is 319 g/mol. The Morgan fingerprint density at radius 2 is 1.89 bits per heavy atom. The van der Waals surface area contributed by atoms with E-state index in [0.717, 1.165) is 4.47 Å². The van der Waals surface area contributed by atoms with Crippen LogP contribution in [0.4, 0.5) is 0 Å². The number of halogens is 1. The predicted octanol–water partition coefficient (Wildman–Crippen LogP) is 3.24. The van der Waals surface area contributed by atoms with E-state index in [1.54, 1.807) is 18.2 Å². The highest BCUT2D eigenvalue weighted by Crippen LogP contribution is 2.29. The lowest BCUT2D eigenvalue weighted by molar-refractivity contribution is -0.606. The van der Waals surface area contributed by atoms with Gasteiger partial charge in [-0.1, -0.05) is 34.1 Å². The standard InChI is InChI=1S/C15H14BrNO2/c1-15(2,11-6-5-9-17(19)10-11)14(18)12-7-3-4-8-13(12)16/h3-10H,1-2H3. The molecule has 0 saturated carbocycles. The lowest BCUT2D eigenvalue weighted by Crippen LogP contribution is -2.34. The third-order valence-electron chi connectivity index (χ3n) is 3.18. The van der Waals surface area contributed by atoms with Crippen molar-refractivity contribution in [3.8, 4) is 0 Å². The molecule has 19 heavy (non-hydrogen) atoms. The van der Waals surface area contributed by atoms with E-state index < -0.39 is 5.41 Å². The van der Waals surface area contributed by atoms with E-state index in [4.69, 9.17) is 0 Å². The topological polar surface area (TPSA) is 44.0 Å². The second-order valence-corrected chi connectivity index (χ2v) is 5.74. The summed E-state index contributed by atoms with van der Waals surface area (Å²) in [5, 5.41) is 11.4. The summed E-state index contributed by atoms with van der Waals surface area (Å²) in [6.45, 7) is 3.65. The molecule has 4 heteroatoms. The first kappa shape index (κ1) is 13.7. The number of ketones is 1. The molecule has 0 bridgehead atoms. The minimum Gasteiger partial charge on any atom is -0.619 e. The zero-order valence-electron chi connectivity index (χ0n) is 10.8. The van der Waals surface area contributed by atoms with Gasteiger partial charge in [0.15, 0.2) is 18.2 Å². The maximum atomic E-state index is 12.7. The normalized spacial score (nSPS) is 11.3. The van der Waals surface area contributed by atoms with E-state index in [1.807, 2.05) is 32.0 Å². The molecule has 0 saturated heterocycles. The minimum absolute atomic E-state index is 0.0221. The van der Waals surface area contributed by atoms with Gasteiger partial charge in [0.1, 0.15) is 0 Å². The third-order valence-corrected chi connectivity index (χ3v) is 3.87. The van der Waals surface area contributed by atoms with Gasteiger partial charge in [-0.2, -0.15) is 4.73 Å². The molecular weight excluding hydrogens is 306 g/mol. The quantitative estimate of drug-likeness (QED) is 0.495. The van der Waals surface area contributed by atoms with Crippen LogP contribution in [0.25, 0.3) is 0 Å². The molecule has 0 radical (unpaired) electrons. The molecule has 98 valence electrons. The Morgan fingerprint density at radius 1 is 1.21 bits per heavy atom. The van der Waals surface area contributed by atoms with E-state index in [-0.39, 0.29) is 5.78 Å². The van der Waals surface area contributed by atoms with Gasteiger partial charge < -0.3 is 5.21 Å². The van der Waals surface area contributed by atoms with Crippen molar-refractivity contribution in [3.63, 3.8) is 0 Å². The van der Waals surface area contributed by atoms with Crippen LogP contribution in [-0.4, -0.2) is 5.78 Å². The maximum absolute atomic E-state index is 12.7. The molecule has 0 spiro atoms. The molecule has 1 aromatic heterocycles. The number of hydrogen-bond acceptors (Lipinski definition) is 2. The third kappa shape index (κ3) is 2.68. The molecule has 2 rings (SSSR count). The summed E-state index contributed by atoms with van der Waals surface area (Å²) in [4.78, 5) is 12.7. The predicted molar refractivity (Wildman–Crippen MR) is 76.9 cm³/mol. The van der Waals surface area contributed by atoms with Gasteiger partial charge in [-0.05, 0) is 26.0 Å². The molecule has 0 N–H and O–H groups in total.